The van der Waals surface area contributed by atoms with Crippen LogP contribution in [0.2, 0.25) is 0 Å². The molecule has 0 spiro atoms. The van der Waals surface area contributed by atoms with Crippen LogP contribution >= 0.6 is 0 Å². The Balaban J connectivity index is 0.000000198. The summed E-state index contributed by atoms with van der Waals surface area (Å²) in [6.45, 7) is 16.4. The van der Waals surface area contributed by atoms with Crippen molar-refractivity contribution >= 4 is 27.9 Å². The van der Waals surface area contributed by atoms with Crippen LogP contribution in [0.5, 0.6) is 0 Å². The summed E-state index contributed by atoms with van der Waals surface area (Å²) >= 11 is 0. The zero-order valence-electron chi connectivity index (χ0n) is 28.1. The molecule has 0 atom stereocenters. The molecule has 1 radical (unpaired) electrons. The zero-order valence-corrected chi connectivity index (χ0v) is 29.5. The number of benzene rings is 2. The molecule has 0 saturated carbocycles. The third-order valence-corrected chi connectivity index (χ3v) is 9.18. The number of nitrogens with one attached hydrogen (secondary N) is 1. The van der Waals surface area contributed by atoms with Crippen molar-refractivity contribution in [2.75, 3.05) is 26.2 Å². The van der Waals surface area contributed by atoms with Gasteiger partial charge in [-0.05, 0) is 112 Å². The molecule has 4 aromatic rings. The molecule has 2 aliphatic rings. The van der Waals surface area contributed by atoms with Gasteiger partial charge in [0.25, 0.3) is 0 Å². The Kier molecular flexibility index (Phi) is 10.7. The van der Waals surface area contributed by atoms with Crippen molar-refractivity contribution in [2.24, 2.45) is 14.1 Å². The van der Waals surface area contributed by atoms with Crippen molar-refractivity contribution in [3.05, 3.63) is 71.5 Å². The summed E-state index contributed by atoms with van der Waals surface area (Å²) in [5.41, 5.74) is 6.83. The zero-order chi connectivity index (χ0) is 30.9. The molecule has 2 aliphatic heterocycles. The number of para-hydroxylation sites is 1. The van der Waals surface area contributed by atoms with Crippen LogP contribution in [0.1, 0.15) is 95.8 Å². The van der Waals surface area contributed by atoms with E-state index >= 15 is 0 Å². The molecule has 2 saturated heterocycles. The van der Waals surface area contributed by atoms with Gasteiger partial charge in [0.15, 0.2) is 0 Å². The number of aryl methyl sites for hydroxylation is 2. The number of rotatable bonds is 2. The monoisotopic (exact) mass is 635 g/mol. The number of carbonyl (C=O) groups is 1. The van der Waals surface area contributed by atoms with Gasteiger partial charge in [-0.3, -0.25) is 0 Å². The van der Waals surface area contributed by atoms with Crippen molar-refractivity contribution < 1.29 is 28.1 Å². The summed E-state index contributed by atoms with van der Waals surface area (Å²) in [4.78, 5) is 14.0. The Bertz CT molecular complexity index is 1560. The van der Waals surface area contributed by atoms with E-state index in [9.17, 15) is 4.79 Å². The summed E-state index contributed by atoms with van der Waals surface area (Å²) in [5, 5.41) is 6.27. The van der Waals surface area contributed by atoms with E-state index in [0.29, 0.717) is 5.92 Å². The molecule has 4 heterocycles. The predicted octanol–water partition coefficient (Wildman–Crippen LogP) is 8.23. The quantitative estimate of drug-likeness (QED) is 0.242. The minimum absolute atomic E-state index is 0. The molecule has 6 nitrogen and oxygen atoms in total. The Morgan fingerprint density at radius 3 is 1.91 bits per heavy atom. The molecule has 237 valence electrons. The van der Waals surface area contributed by atoms with E-state index in [1.54, 1.807) is 5.56 Å². The number of likely N-dealkylation sites (tertiary alicyclic amines) is 1. The van der Waals surface area contributed by atoms with Gasteiger partial charge in [0, 0.05) is 79.9 Å². The second-order valence-electron chi connectivity index (χ2n) is 14.7. The molecule has 2 aromatic heterocycles. The normalized spacial score (nSPS) is 16.9. The van der Waals surface area contributed by atoms with Crippen LogP contribution in [0.3, 0.4) is 0 Å². The van der Waals surface area contributed by atoms with Crippen molar-refractivity contribution in [3.8, 4) is 0 Å². The van der Waals surface area contributed by atoms with Gasteiger partial charge < -0.3 is 24.1 Å². The van der Waals surface area contributed by atoms with E-state index in [-0.39, 0.29) is 30.1 Å². The maximum atomic E-state index is 12.2. The fourth-order valence-corrected chi connectivity index (χ4v) is 6.75. The molecule has 7 heteroatoms. The third-order valence-electron chi connectivity index (χ3n) is 9.18. The molecule has 0 bridgehead atoms. The molecule has 1 N–H and O–H groups in total. The van der Waals surface area contributed by atoms with Gasteiger partial charge in [-0.2, -0.15) is 0 Å². The van der Waals surface area contributed by atoms with E-state index in [1.807, 2.05) is 25.7 Å². The summed E-state index contributed by atoms with van der Waals surface area (Å²) in [5.74, 6) is 1.23. The summed E-state index contributed by atoms with van der Waals surface area (Å²) in [6, 6.07) is 15.5. The van der Waals surface area contributed by atoms with Gasteiger partial charge in [0.2, 0.25) is 0 Å². The average Bonchev–Trinajstić information content (AvgIpc) is 3.49. The minimum Gasteiger partial charge on any atom is -0.444 e. The molecule has 44 heavy (non-hydrogen) atoms. The first-order valence-corrected chi connectivity index (χ1v) is 16.1. The first-order valence-electron chi connectivity index (χ1n) is 16.1. The smallest absolute Gasteiger partial charge is 0.410 e. The SMILES string of the molecule is Cn1cc(C2CCN(C(=O)OC(C)(C)C)CC2)c2ccccc21.Cn1cc(C2CCNCC2)c2cc(C(C)(C)C)ccc21.[V]. The van der Waals surface area contributed by atoms with E-state index in [2.05, 4.69) is 104 Å². The van der Waals surface area contributed by atoms with Crippen molar-refractivity contribution in [1.29, 1.82) is 0 Å². The molecule has 6 rings (SSSR count). The fraction of sp³-hybridized carbons (Fsp3) is 0.541. The van der Waals surface area contributed by atoms with Crippen molar-refractivity contribution in [3.63, 3.8) is 0 Å². The fourth-order valence-electron chi connectivity index (χ4n) is 6.75. The second-order valence-corrected chi connectivity index (χ2v) is 14.7. The topological polar surface area (TPSA) is 51.4 Å². The maximum absolute atomic E-state index is 12.2. The Morgan fingerprint density at radius 1 is 0.773 bits per heavy atom. The molecule has 0 aliphatic carbocycles. The van der Waals surface area contributed by atoms with Crippen LogP contribution in [-0.2, 0) is 42.8 Å². The number of carbonyl (C=O) groups excluding carboxylic acids is 1. The van der Waals surface area contributed by atoms with Crippen LogP contribution < -0.4 is 5.32 Å². The molecule has 2 aromatic carbocycles. The van der Waals surface area contributed by atoms with Gasteiger partial charge >= 0.3 is 6.09 Å². The van der Waals surface area contributed by atoms with Crippen LogP contribution in [0, 0.1) is 0 Å². The minimum atomic E-state index is -0.427. The number of hydrogen-bond acceptors (Lipinski definition) is 3. The standard InChI is InChI=1S/C19H26N2O2.C18H26N2.V/c1-19(2,3)23-18(22)21-11-9-14(10-12-21)16-13-20(4)17-8-6-5-7-15(16)17;1-18(2,3)14-5-6-17-15(11-14)16(12-20(17)4)13-7-9-19-10-8-13;/h5-8,13-14H,9-12H2,1-4H3;5-6,11-13,19H,7-10H2,1-4H3;. The Morgan fingerprint density at radius 2 is 1.32 bits per heavy atom. The van der Waals surface area contributed by atoms with Gasteiger partial charge in [-0.1, -0.05) is 45.0 Å². The van der Waals surface area contributed by atoms with Crippen LogP contribution in [0.15, 0.2) is 54.9 Å². The van der Waals surface area contributed by atoms with Crippen LogP contribution in [0.25, 0.3) is 21.8 Å². The summed E-state index contributed by atoms with van der Waals surface area (Å²) in [6.07, 6.45) is 8.93. The molecule has 2 fully saturated rings. The number of nitrogens with zero attached hydrogens (tertiary/aromatic N) is 3. The average molecular weight is 636 g/mol. The largest absolute Gasteiger partial charge is 0.444 e. The van der Waals surface area contributed by atoms with Crippen LogP contribution in [-0.4, -0.2) is 51.9 Å². The maximum Gasteiger partial charge on any atom is 0.410 e. The molecular weight excluding hydrogens is 583 g/mol. The van der Waals surface area contributed by atoms with Gasteiger partial charge in [-0.25, -0.2) is 4.79 Å². The van der Waals surface area contributed by atoms with Gasteiger partial charge in [-0.15, -0.1) is 0 Å². The Labute approximate surface area is 276 Å². The number of amides is 1. The second kappa shape index (κ2) is 13.8. The Hall–Kier alpha value is -2.67. The van der Waals surface area contributed by atoms with E-state index in [0.717, 1.165) is 44.9 Å². The van der Waals surface area contributed by atoms with Crippen molar-refractivity contribution in [1.82, 2.24) is 19.4 Å². The number of ether oxygens (including phenoxy) is 1. The van der Waals surface area contributed by atoms with Crippen molar-refractivity contribution in [2.45, 2.75) is 90.1 Å². The molecule has 1 amide bonds. The molecule has 0 unspecified atom stereocenters. The van der Waals surface area contributed by atoms with Gasteiger partial charge in [0.1, 0.15) is 5.60 Å². The molecular formula is C37H52N4O2V. The number of piperidine rings is 2. The van der Waals surface area contributed by atoms with E-state index < -0.39 is 5.60 Å². The first-order chi connectivity index (χ1) is 20.3. The first kappa shape index (κ1) is 34.2. The van der Waals surface area contributed by atoms with E-state index in [1.165, 1.54) is 45.8 Å². The number of hydrogen-bond donors (Lipinski definition) is 1. The summed E-state index contributed by atoms with van der Waals surface area (Å²) in [7, 11) is 4.27. The third kappa shape index (κ3) is 7.76. The summed E-state index contributed by atoms with van der Waals surface area (Å²) < 4.78 is 9.97. The predicted molar refractivity (Wildman–Crippen MR) is 179 cm³/mol. The van der Waals surface area contributed by atoms with E-state index in [4.69, 9.17) is 4.74 Å². The number of aromatic nitrogens is 2. The van der Waals surface area contributed by atoms with Crippen LogP contribution in [0.4, 0.5) is 4.79 Å². The van der Waals surface area contributed by atoms with Gasteiger partial charge in [0.05, 0.1) is 0 Å². The number of fused-ring (bicyclic) bond motifs is 2.